The highest BCUT2D eigenvalue weighted by atomic mass is 79.9. The van der Waals surface area contributed by atoms with Crippen molar-refractivity contribution in [1.82, 2.24) is 19.8 Å². The summed E-state index contributed by atoms with van der Waals surface area (Å²) in [5.41, 5.74) is 2.35. The molecule has 7 heteroatoms. The SMILES string of the molecule is BrCc1cccc(-c2nn3c(CBr)nnc3s2)c1. The molecule has 4 nitrogen and oxygen atoms in total. The molecule has 3 aromatic rings. The predicted molar refractivity (Wildman–Crippen MR) is 79.4 cm³/mol. The molecule has 0 bridgehead atoms. The molecule has 0 aliphatic carbocycles. The van der Waals surface area contributed by atoms with Crippen LogP contribution in [0.25, 0.3) is 15.5 Å². The van der Waals surface area contributed by atoms with Gasteiger partial charge < -0.3 is 0 Å². The van der Waals surface area contributed by atoms with E-state index in [2.05, 4.69) is 65.4 Å². The monoisotopic (exact) mass is 386 g/mol. The van der Waals surface area contributed by atoms with E-state index in [1.54, 1.807) is 15.9 Å². The maximum Gasteiger partial charge on any atom is 0.235 e. The fourth-order valence-corrected chi connectivity index (χ4v) is 3.20. The van der Waals surface area contributed by atoms with Crippen molar-refractivity contribution in [3.8, 4) is 10.6 Å². The standard InChI is InChI=1S/C11H8Br2N4S/c12-5-7-2-1-3-8(4-7)10-16-17-9(6-13)14-15-11(17)18-10/h1-4H,5-6H2. The molecule has 92 valence electrons. The predicted octanol–water partition coefficient (Wildman–Crippen LogP) is 3.64. The summed E-state index contributed by atoms with van der Waals surface area (Å²) >= 11 is 8.39. The first-order valence-electron chi connectivity index (χ1n) is 5.24. The Hall–Kier alpha value is -0.790. The van der Waals surface area contributed by atoms with Crippen LogP contribution in [0.4, 0.5) is 0 Å². The highest BCUT2D eigenvalue weighted by Crippen LogP contribution is 2.26. The second kappa shape index (κ2) is 5.07. The largest absolute Gasteiger partial charge is 0.235 e. The average molecular weight is 388 g/mol. The summed E-state index contributed by atoms with van der Waals surface area (Å²) in [6.07, 6.45) is 0. The molecule has 0 spiro atoms. The summed E-state index contributed by atoms with van der Waals surface area (Å²) in [5.74, 6) is 0.823. The molecule has 0 amide bonds. The van der Waals surface area contributed by atoms with E-state index >= 15 is 0 Å². The Morgan fingerprint density at radius 2 is 2.06 bits per heavy atom. The van der Waals surface area contributed by atoms with Crippen LogP contribution >= 0.6 is 43.2 Å². The molecule has 0 aliphatic heterocycles. The molecular formula is C11H8Br2N4S. The van der Waals surface area contributed by atoms with Gasteiger partial charge in [0.2, 0.25) is 4.96 Å². The quantitative estimate of drug-likeness (QED) is 0.644. The second-order valence-electron chi connectivity index (χ2n) is 3.69. The van der Waals surface area contributed by atoms with Gasteiger partial charge in [0.05, 0.1) is 5.33 Å². The van der Waals surface area contributed by atoms with E-state index in [1.165, 1.54) is 5.56 Å². The van der Waals surface area contributed by atoms with Crippen LogP contribution in [0.2, 0.25) is 0 Å². The van der Waals surface area contributed by atoms with Crippen molar-refractivity contribution in [2.75, 3.05) is 0 Å². The molecular weight excluding hydrogens is 380 g/mol. The van der Waals surface area contributed by atoms with Crippen molar-refractivity contribution >= 4 is 48.2 Å². The Morgan fingerprint density at radius 3 is 2.83 bits per heavy atom. The van der Waals surface area contributed by atoms with Crippen molar-refractivity contribution in [3.63, 3.8) is 0 Å². The van der Waals surface area contributed by atoms with Crippen LogP contribution < -0.4 is 0 Å². The van der Waals surface area contributed by atoms with Crippen LogP contribution in [0, 0.1) is 0 Å². The molecule has 0 unspecified atom stereocenters. The lowest BCUT2D eigenvalue weighted by Gasteiger charge is -1.98. The van der Waals surface area contributed by atoms with E-state index in [0.717, 1.165) is 26.7 Å². The van der Waals surface area contributed by atoms with E-state index < -0.39 is 0 Å². The zero-order valence-electron chi connectivity index (χ0n) is 9.18. The number of halogens is 2. The number of benzene rings is 1. The summed E-state index contributed by atoms with van der Waals surface area (Å²) in [6, 6.07) is 8.32. The molecule has 0 atom stereocenters. The smallest absolute Gasteiger partial charge is 0.186 e. The Kier molecular flexibility index (Phi) is 3.45. The maximum atomic E-state index is 4.55. The van der Waals surface area contributed by atoms with Crippen molar-refractivity contribution in [1.29, 1.82) is 0 Å². The minimum atomic E-state index is 0.652. The summed E-state index contributed by atoms with van der Waals surface area (Å²) in [6.45, 7) is 0. The van der Waals surface area contributed by atoms with Gasteiger partial charge in [-0.15, -0.1) is 10.2 Å². The first kappa shape index (κ1) is 12.3. The summed E-state index contributed by atoms with van der Waals surface area (Å²) in [7, 11) is 0. The molecule has 0 radical (unpaired) electrons. The number of aromatic nitrogens is 4. The highest BCUT2D eigenvalue weighted by molar-refractivity contribution is 9.08. The number of nitrogens with zero attached hydrogens (tertiary/aromatic N) is 4. The normalized spacial score (nSPS) is 11.2. The fraction of sp³-hybridized carbons (Fsp3) is 0.182. The Morgan fingerprint density at radius 1 is 1.17 bits per heavy atom. The van der Waals surface area contributed by atoms with Gasteiger partial charge in [0.25, 0.3) is 0 Å². The van der Waals surface area contributed by atoms with E-state index in [1.807, 2.05) is 6.07 Å². The number of alkyl halides is 2. The van der Waals surface area contributed by atoms with Gasteiger partial charge in [0, 0.05) is 10.9 Å². The molecule has 0 aliphatic rings. The first-order chi connectivity index (χ1) is 8.81. The topological polar surface area (TPSA) is 43.1 Å². The van der Waals surface area contributed by atoms with Gasteiger partial charge >= 0.3 is 0 Å². The number of fused-ring (bicyclic) bond motifs is 1. The van der Waals surface area contributed by atoms with E-state index in [-0.39, 0.29) is 0 Å². The molecule has 18 heavy (non-hydrogen) atoms. The minimum Gasteiger partial charge on any atom is -0.186 e. The van der Waals surface area contributed by atoms with Crippen LogP contribution in [-0.4, -0.2) is 19.8 Å². The van der Waals surface area contributed by atoms with E-state index in [4.69, 9.17) is 0 Å². The van der Waals surface area contributed by atoms with E-state index in [9.17, 15) is 0 Å². The zero-order chi connectivity index (χ0) is 12.5. The van der Waals surface area contributed by atoms with Crippen LogP contribution in [-0.2, 0) is 10.7 Å². The number of hydrogen-bond donors (Lipinski definition) is 0. The molecule has 2 heterocycles. The van der Waals surface area contributed by atoms with Crippen LogP contribution in [0.3, 0.4) is 0 Å². The van der Waals surface area contributed by atoms with Gasteiger partial charge in [-0.3, -0.25) is 0 Å². The molecule has 0 saturated carbocycles. The fourth-order valence-electron chi connectivity index (χ4n) is 1.64. The maximum absolute atomic E-state index is 4.55. The highest BCUT2D eigenvalue weighted by Gasteiger charge is 2.12. The van der Waals surface area contributed by atoms with E-state index in [0.29, 0.717) is 5.33 Å². The first-order valence-corrected chi connectivity index (χ1v) is 8.30. The molecule has 0 N–H and O–H groups in total. The lowest BCUT2D eigenvalue weighted by Crippen LogP contribution is -1.92. The minimum absolute atomic E-state index is 0.652. The van der Waals surface area contributed by atoms with Crippen molar-refractivity contribution in [3.05, 3.63) is 35.7 Å². The third-order valence-corrected chi connectivity index (χ3v) is 4.60. The van der Waals surface area contributed by atoms with Gasteiger partial charge in [-0.05, 0) is 11.6 Å². The van der Waals surface area contributed by atoms with Crippen LogP contribution in [0.15, 0.2) is 24.3 Å². The number of hydrogen-bond acceptors (Lipinski definition) is 4. The van der Waals surface area contributed by atoms with Crippen molar-refractivity contribution < 1.29 is 0 Å². The second-order valence-corrected chi connectivity index (χ2v) is 5.76. The van der Waals surface area contributed by atoms with Gasteiger partial charge in [0.15, 0.2) is 5.82 Å². The summed E-state index contributed by atoms with van der Waals surface area (Å²) < 4.78 is 1.79. The third kappa shape index (κ3) is 2.10. The molecule has 3 rings (SSSR count). The van der Waals surface area contributed by atoms with Crippen molar-refractivity contribution in [2.24, 2.45) is 0 Å². The van der Waals surface area contributed by atoms with Crippen LogP contribution in [0.5, 0.6) is 0 Å². The Bertz CT molecular complexity index is 691. The number of rotatable bonds is 3. The van der Waals surface area contributed by atoms with Crippen LogP contribution in [0.1, 0.15) is 11.4 Å². The molecule has 1 aromatic carbocycles. The lowest BCUT2D eigenvalue weighted by atomic mass is 10.1. The summed E-state index contributed by atoms with van der Waals surface area (Å²) in [4.78, 5) is 0.823. The third-order valence-electron chi connectivity index (χ3n) is 2.50. The van der Waals surface area contributed by atoms with Gasteiger partial charge in [-0.25, -0.2) is 0 Å². The van der Waals surface area contributed by atoms with Gasteiger partial charge in [-0.2, -0.15) is 9.61 Å². The summed E-state index contributed by atoms with van der Waals surface area (Å²) in [5, 5.41) is 15.2. The lowest BCUT2D eigenvalue weighted by molar-refractivity contribution is 0.891. The zero-order valence-corrected chi connectivity index (χ0v) is 13.2. The van der Waals surface area contributed by atoms with Crippen molar-refractivity contribution in [2.45, 2.75) is 10.7 Å². The Balaban J connectivity index is 2.10. The van der Waals surface area contributed by atoms with Gasteiger partial charge in [0.1, 0.15) is 5.01 Å². The molecule has 0 fully saturated rings. The molecule has 2 aromatic heterocycles. The Labute approximate surface area is 124 Å². The van der Waals surface area contributed by atoms with Gasteiger partial charge in [-0.1, -0.05) is 61.4 Å². The average Bonchev–Trinajstić information content (AvgIpc) is 2.98. The molecule has 0 saturated heterocycles.